The fourth-order valence-electron chi connectivity index (χ4n) is 1.69. The number of thiazole rings is 1. The van der Waals surface area contributed by atoms with Crippen LogP contribution in [0.4, 0.5) is 0 Å². The summed E-state index contributed by atoms with van der Waals surface area (Å²) >= 11 is 10.9. The van der Waals surface area contributed by atoms with E-state index in [0.29, 0.717) is 0 Å². The zero-order valence-electron chi connectivity index (χ0n) is 9.68. The molecule has 2 aromatic heterocycles. The van der Waals surface area contributed by atoms with Crippen molar-refractivity contribution in [1.29, 1.82) is 0 Å². The average molecular weight is 352 g/mol. The minimum Gasteiger partial charge on any atom is -0.263 e. The fraction of sp³-hybridized carbons (Fsp3) is 0. The summed E-state index contributed by atoms with van der Waals surface area (Å²) in [6.07, 6.45) is 3.58. The van der Waals surface area contributed by atoms with Gasteiger partial charge in [0.05, 0.1) is 5.69 Å². The van der Waals surface area contributed by atoms with E-state index in [2.05, 4.69) is 25.9 Å². The van der Waals surface area contributed by atoms with Crippen LogP contribution in [0, 0.1) is 0 Å². The SMILES string of the molecule is Clc1ccc(-c2csc(-c3cncc(Br)c3)n2)cc1. The molecule has 19 heavy (non-hydrogen) atoms. The van der Waals surface area contributed by atoms with Crippen molar-refractivity contribution in [3.8, 4) is 21.8 Å². The number of rotatable bonds is 2. The molecule has 3 aromatic rings. The van der Waals surface area contributed by atoms with Crippen LogP contribution in [-0.2, 0) is 0 Å². The first-order valence-electron chi connectivity index (χ1n) is 5.55. The topological polar surface area (TPSA) is 25.8 Å². The van der Waals surface area contributed by atoms with Gasteiger partial charge in [-0.05, 0) is 34.1 Å². The van der Waals surface area contributed by atoms with Gasteiger partial charge in [0.15, 0.2) is 0 Å². The molecule has 0 unspecified atom stereocenters. The van der Waals surface area contributed by atoms with Crippen molar-refractivity contribution in [2.75, 3.05) is 0 Å². The molecule has 0 saturated heterocycles. The minimum absolute atomic E-state index is 0.732. The molecule has 0 atom stereocenters. The van der Waals surface area contributed by atoms with Crippen LogP contribution in [0.5, 0.6) is 0 Å². The standard InChI is InChI=1S/C14H8BrClN2S/c15-11-5-10(6-17-7-11)14-18-13(8-19-14)9-1-3-12(16)4-2-9/h1-8H. The monoisotopic (exact) mass is 350 g/mol. The first-order chi connectivity index (χ1) is 9.22. The number of benzene rings is 1. The maximum atomic E-state index is 5.89. The summed E-state index contributed by atoms with van der Waals surface area (Å²) in [5.74, 6) is 0. The average Bonchev–Trinajstić information content (AvgIpc) is 2.89. The van der Waals surface area contributed by atoms with E-state index < -0.39 is 0 Å². The Hall–Kier alpha value is -1.23. The second-order valence-electron chi connectivity index (χ2n) is 3.94. The van der Waals surface area contributed by atoms with Crippen LogP contribution in [0.3, 0.4) is 0 Å². The van der Waals surface area contributed by atoms with Crippen molar-refractivity contribution >= 4 is 38.9 Å². The van der Waals surface area contributed by atoms with Gasteiger partial charge in [-0.25, -0.2) is 4.98 Å². The van der Waals surface area contributed by atoms with Gasteiger partial charge in [0, 0.05) is 38.4 Å². The Kier molecular flexibility index (Phi) is 3.64. The maximum Gasteiger partial charge on any atom is 0.125 e. The Balaban J connectivity index is 1.97. The maximum absolute atomic E-state index is 5.89. The fourth-order valence-corrected chi connectivity index (χ4v) is 2.99. The van der Waals surface area contributed by atoms with Crippen molar-refractivity contribution in [3.05, 3.63) is 57.6 Å². The molecular weight excluding hydrogens is 344 g/mol. The molecule has 2 heterocycles. The molecule has 0 N–H and O–H groups in total. The van der Waals surface area contributed by atoms with Crippen molar-refractivity contribution in [3.63, 3.8) is 0 Å². The highest BCUT2D eigenvalue weighted by atomic mass is 79.9. The molecule has 0 aliphatic carbocycles. The normalized spacial score (nSPS) is 10.6. The van der Waals surface area contributed by atoms with Crippen LogP contribution in [-0.4, -0.2) is 9.97 Å². The van der Waals surface area contributed by atoms with Gasteiger partial charge in [-0.15, -0.1) is 11.3 Å². The summed E-state index contributed by atoms with van der Waals surface area (Å²) in [5, 5.41) is 3.73. The highest BCUT2D eigenvalue weighted by Crippen LogP contribution is 2.30. The number of hydrogen-bond acceptors (Lipinski definition) is 3. The molecule has 0 bridgehead atoms. The van der Waals surface area contributed by atoms with E-state index in [-0.39, 0.29) is 0 Å². The Bertz CT molecular complexity index is 709. The molecule has 94 valence electrons. The molecule has 0 spiro atoms. The Morgan fingerprint density at radius 2 is 1.84 bits per heavy atom. The van der Waals surface area contributed by atoms with E-state index in [1.165, 1.54) is 0 Å². The third kappa shape index (κ3) is 2.86. The molecule has 0 aliphatic heterocycles. The second kappa shape index (κ2) is 5.41. The number of pyridine rings is 1. The van der Waals surface area contributed by atoms with Gasteiger partial charge in [-0.3, -0.25) is 4.98 Å². The van der Waals surface area contributed by atoms with Crippen molar-refractivity contribution in [1.82, 2.24) is 9.97 Å². The van der Waals surface area contributed by atoms with Crippen LogP contribution in [0.1, 0.15) is 0 Å². The molecule has 0 aliphatic rings. The van der Waals surface area contributed by atoms with Crippen LogP contribution in [0.2, 0.25) is 5.02 Å². The van der Waals surface area contributed by atoms with Crippen LogP contribution >= 0.6 is 38.9 Å². The lowest BCUT2D eigenvalue weighted by molar-refractivity contribution is 1.30. The molecule has 1 aromatic carbocycles. The van der Waals surface area contributed by atoms with Gasteiger partial charge in [0.1, 0.15) is 5.01 Å². The van der Waals surface area contributed by atoms with Crippen LogP contribution < -0.4 is 0 Å². The summed E-state index contributed by atoms with van der Waals surface area (Å²) in [7, 11) is 0. The molecule has 3 rings (SSSR count). The molecule has 2 nitrogen and oxygen atoms in total. The minimum atomic E-state index is 0.732. The molecule has 0 fully saturated rings. The predicted molar refractivity (Wildman–Crippen MR) is 83.5 cm³/mol. The van der Waals surface area contributed by atoms with E-state index in [1.54, 1.807) is 17.5 Å². The lowest BCUT2D eigenvalue weighted by Gasteiger charge is -1.97. The predicted octanol–water partition coefficient (Wildman–Crippen LogP) is 5.29. The van der Waals surface area contributed by atoms with Crippen LogP contribution in [0.25, 0.3) is 21.8 Å². The molecule has 0 saturated carbocycles. The van der Waals surface area contributed by atoms with Crippen LogP contribution in [0.15, 0.2) is 52.6 Å². The van der Waals surface area contributed by atoms with Gasteiger partial charge < -0.3 is 0 Å². The summed E-state index contributed by atoms with van der Waals surface area (Å²) < 4.78 is 0.952. The van der Waals surface area contributed by atoms with E-state index in [4.69, 9.17) is 11.6 Å². The zero-order chi connectivity index (χ0) is 13.2. The van der Waals surface area contributed by atoms with Gasteiger partial charge in [0.25, 0.3) is 0 Å². The number of halogens is 2. The first-order valence-corrected chi connectivity index (χ1v) is 7.60. The Morgan fingerprint density at radius 3 is 2.58 bits per heavy atom. The molecule has 5 heteroatoms. The summed E-state index contributed by atoms with van der Waals surface area (Å²) in [6.45, 7) is 0. The van der Waals surface area contributed by atoms with E-state index in [0.717, 1.165) is 31.3 Å². The molecule has 0 amide bonds. The lowest BCUT2D eigenvalue weighted by atomic mass is 10.2. The third-order valence-electron chi connectivity index (χ3n) is 2.60. The number of aromatic nitrogens is 2. The highest BCUT2D eigenvalue weighted by molar-refractivity contribution is 9.10. The molecule has 0 radical (unpaired) electrons. The van der Waals surface area contributed by atoms with Gasteiger partial charge in [-0.1, -0.05) is 23.7 Å². The van der Waals surface area contributed by atoms with E-state index in [1.807, 2.05) is 41.9 Å². The quantitative estimate of drug-likeness (QED) is 0.627. The number of hydrogen-bond donors (Lipinski definition) is 0. The summed E-state index contributed by atoms with van der Waals surface area (Å²) in [4.78, 5) is 8.79. The van der Waals surface area contributed by atoms with Gasteiger partial charge in [0.2, 0.25) is 0 Å². The first kappa shape index (κ1) is 12.8. The second-order valence-corrected chi connectivity index (χ2v) is 6.15. The van der Waals surface area contributed by atoms with E-state index in [9.17, 15) is 0 Å². The molecular formula is C14H8BrClN2S. The zero-order valence-corrected chi connectivity index (χ0v) is 12.8. The van der Waals surface area contributed by atoms with Crippen molar-refractivity contribution in [2.45, 2.75) is 0 Å². The van der Waals surface area contributed by atoms with Gasteiger partial charge >= 0.3 is 0 Å². The lowest BCUT2D eigenvalue weighted by Crippen LogP contribution is -1.81. The number of nitrogens with zero attached hydrogens (tertiary/aromatic N) is 2. The largest absolute Gasteiger partial charge is 0.263 e. The highest BCUT2D eigenvalue weighted by Gasteiger charge is 2.07. The van der Waals surface area contributed by atoms with Crippen molar-refractivity contribution in [2.24, 2.45) is 0 Å². The van der Waals surface area contributed by atoms with Gasteiger partial charge in [-0.2, -0.15) is 0 Å². The van der Waals surface area contributed by atoms with E-state index >= 15 is 0 Å². The third-order valence-corrected chi connectivity index (χ3v) is 4.17. The Morgan fingerprint density at radius 1 is 1.05 bits per heavy atom. The van der Waals surface area contributed by atoms with Crippen molar-refractivity contribution < 1.29 is 0 Å². The summed E-state index contributed by atoms with van der Waals surface area (Å²) in [6, 6.07) is 9.70. The Labute approximate surface area is 128 Å². The summed E-state index contributed by atoms with van der Waals surface area (Å²) in [5.41, 5.74) is 3.03. The smallest absolute Gasteiger partial charge is 0.125 e.